The Bertz CT molecular complexity index is 1130. The summed E-state index contributed by atoms with van der Waals surface area (Å²) >= 11 is 0.757. The summed E-state index contributed by atoms with van der Waals surface area (Å²) in [5.41, 5.74) is 1.06. The molecule has 166 valence electrons. The van der Waals surface area contributed by atoms with Gasteiger partial charge in [0.15, 0.2) is 0 Å². The van der Waals surface area contributed by atoms with E-state index in [2.05, 4.69) is 0 Å². The van der Waals surface area contributed by atoms with Crippen LogP contribution in [0.25, 0.3) is 17.4 Å². The van der Waals surface area contributed by atoms with Gasteiger partial charge in [-0.3, -0.25) is 29.4 Å². The summed E-state index contributed by atoms with van der Waals surface area (Å²) < 4.78 is 5.73. The van der Waals surface area contributed by atoms with Crippen molar-refractivity contribution in [2.45, 2.75) is 26.2 Å². The van der Waals surface area contributed by atoms with E-state index in [1.165, 1.54) is 12.1 Å². The first-order valence-electron chi connectivity index (χ1n) is 10.2. The zero-order chi connectivity index (χ0) is 22.8. The van der Waals surface area contributed by atoms with Gasteiger partial charge in [-0.2, -0.15) is 0 Å². The lowest BCUT2D eigenvalue weighted by atomic mass is 10.1. The molecule has 0 saturated carbocycles. The smallest absolute Gasteiger partial charge is 0.294 e. The normalized spacial score (nSPS) is 18.0. The van der Waals surface area contributed by atoms with Crippen molar-refractivity contribution in [2.75, 3.05) is 19.6 Å². The molecule has 32 heavy (non-hydrogen) atoms. The van der Waals surface area contributed by atoms with E-state index in [9.17, 15) is 24.5 Å². The molecule has 0 atom stereocenters. The number of amides is 3. The number of aryl methyl sites for hydroxylation is 1. The third-order valence-corrected chi connectivity index (χ3v) is 6.37. The summed E-state index contributed by atoms with van der Waals surface area (Å²) in [5.74, 6) is -0.0290. The highest BCUT2D eigenvalue weighted by atomic mass is 32.2. The van der Waals surface area contributed by atoms with Crippen molar-refractivity contribution in [3.05, 3.63) is 56.7 Å². The Morgan fingerprint density at radius 1 is 1.19 bits per heavy atom. The second-order valence-corrected chi connectivity index (χ2v) is 8.66. The number of hydrogen-bond acceptors (Lipinski definition) is 7. The van der Waals surface area contributed by atoms with Crippen molar-refractivity contribution in [1.29, 1.82) is 0 Å². The van der Waals surface area contributed by atoms with E-state index in [1.54, 1.807) is 36.1 Å². The largest absolute Gasteiger partial charge is 0.457 e. The van der Waals surface area contributed by atoms with Crippen molar-refractivity contribution in [3.63, 3.8) is 0 Å². The number of nitro benzene ring substituents is 1. The summed E-state index contributed by atoms with van der Waals surface area (Å²) in [6.07, 6.45) is 4.38. The fourth-order valence-corrected chi connectivity index (χ4v) is 4.51. The Morgan fingerprint density at radius 3 is 2.66 bits per heavy atom. The van der Waals surface area contributed by atoms with Crippen LogP contribution in [0.15, 0.2) is 39.7 Å². The van der Waals surface area contributed by atoms with E-state index in [0.29, 0.717) is 35.7 Å². The summed E-state index contributed by atoms with van der Waals surface area (Å²) in [4.78, 5) is 51.0. The molecule has 1 aromatic heterocycles. The lowest BCUT2D eigenvalue weighted by molar-refractivity contribution is -0.385. The zero-order valence-electron chi connectivity index (χ0n) is 17.4. The van der Waals surface area contributed by atoms with Gasteiger partial charge in [0, 0.05) is 36.4 Å². The Kier molecular flexibility index (Phi) is 6.13. The van der Waals surface area contributed by atoms with E-state index >= 15 is 0 Å². The highest BCUT2D eigenvalue weighted by Crippen LogP contribution is 2.34. The van der Waals surface area contributed by atoms with Gasteiger partial charge in [-0.25, -0.2) is 0 Å². The number of carbonyl (C=O) groups is 3. The number of nitrogens with zero attached hydrogens (tertiary/aromatic N) is 3. The van der Waals surface area contributed by atoms with Gasteiger partial charge < -0.3 is 9.32 Å². The summed E-state index contributed by atoms with van der Waals surface area (Å²) in [6.45, 7) is 2.69. The first kappa shape index (κ1) is 21.8. The Hall–Kier alpha value is -3.40. The van der Waals surface area contributed by atoms with Crippen LogP contribution in [0, 0.1) is 17.0 Å². The van der Waals surface area contributed by atoms with Gasteiger partial charge >= 0.3 is 0 Å². The second-order valence-electron chi connectivity index (χ2n) is 7.67. The molecular formula is C22H21N3O6S. The quantitative estimate of drug-likeness (QED) is 0.377. The highest BCUT2D eigenvalue weighted by molar-refractivity contribution is 8.18. The third kappa shape index (κ3) is 4.45. The molecule has 1 aromatic carbocycles. The van der Waals surface area contributed by atoms with Crippen LogP contribution in [0.2, 0.25) is 0 Å². The van der Waals surface area contributed by atoms with Gasteiger partial charge in [0.05, 0.1) is 9.83 Å². The van der Waals surface area contributed by atoms with Crippen molar-refractivity contribution >= 4 is 40.6 Å². The molecule has 4 rings (SSSR count). The third-order valence-electron chi connectivity index (χ3n) is 5.47. The van der Waals surface area contributed by atoms with E-state index in [-0.39, 0.29) is 23.0 Å². The number of nitro groups is 1. The molecule has 0 radical (unpaired) electrons. The monoisotopic (exact) mass is 455 g/mol. The molecule has 3 amide bonds. The molecule has 0 spiro atoms. The Morgan fingerprint density at radius 2 is 1.94 bits per heavy atom. The van der Waals surface area contributed by atoms with E-state index < -0.39 is 16.1 Å². The minimum Gasteiger partial charge on any atom is -0.457 e. The van der Waals surface area contributed by atoms with Crippen molar-refractivity contribution in [3.8, 4) is 11.3 Å². The predicted octanol–water partition coefficient (Wildman–Crippen LogP) is 4.21. The van der Waals surface area contributed by atoms with Crippen LogP contribution in [-0.2, 0) is 9.59 Å². The van der Waals surface area contributed by atoms with E-state index in [0.717, 1.165) is 35.9 Å². The van der Waals surface area contributed by atoms with Crippen molar-refractivity contribution in [1.82, 2.24) is 9.80 Å². The van der Waals surface area contributed by atoms with Crippen molar-refractivity contribution in [2.24, 2.45) is 0 Å². The number of hydrogen-bond donors (Lipinski definition) is 0. The number of piperidine rings is 1. The number of thioether (sulfide) groups is 1. The lowest BCUT2D eigenvalue weighted by Crippen LogP contribution is -2.44. The van der Waals surface area contributed by atoms with Gasteiger partial charge in [-0.05, 0) is 50.1 Å². The van der Waals surface area contributed by atoms with Gasteiger partial charge in [0.25, 0.3) is 16.8 Å². The molecule has 9 nitrogen and oxygen atoms in total. The highest BCUT2D eigenvalue weighted by Gasteiger charge is 2.37. The van der Waals surface area contributed by atoms with Crippen molar-refractivity contribution < 1.29 is 23.7 Å². The standard InChI is InChI=1S/C22H21N3O6S/c1-14-5-6-15(11-17(14)25(29)30)18-8-7-16(31-18)12-19-21(27)24(22(28)32-19)13-20(26)23-9-3-2-4-10-23/h5-8,11-12H,2-4,9-10,13H2,1H3/b19-12-. The molecule has 0 N–H and O–H groups in total. The molecule has 0 unspecified atom stereocenters. The Balaban J connectivity index is 1.49. The molecule has 2 aliphatic rings. The molecule has 2 aliphatic heterocycles. The fraction of sp³-hybridized carbons (Fsp3) is 0.318. The zero-order valence-corrected chi connectivity index (χ0v) is 18.2. The molecule has 0 bridgehead atoms. The van der Waals surface area contributed by atoms with Crippen LogP contribution in [0.1, 0.15) is 30.6 Å². The van der Waals surface area contributed by atoms with Crippen LogP contribution in [0.4, 0.5) is 10.5 Å². The molecular weight excluding hydrogens is 434 g/mol. The average Bonchev–Trinajstić information content (AvgIpc) is 3.35. The topological polar surface area (TPSA) is 114 Å². The van der Waals surface area contributed by atoms with Crippen LogP contribution in [0.3, 0.4) is 0 Å². The molecule has 2 saturated heterocycles. The molecule has 0 aliphatic carbocycles. The molecule has 2 aromatic rings. The maximum Gasteiger partial charge on any atom is 0.294 e. The SMILES string of the molecule is Cc1ccc(-c2ccc(/C=C3\SC(=O)N(CC(=O)N4CCCCC4)C3=O)o2)cc1[N+](=O)[O-]. The number of furan rings is 1. The van der Waals surface area contributed by atoms with Gasteiger partial charge in [0.1, 0.15) is 18.1 Å². The van der Waals surface area contributed by atoms with Gasteiger partial charge in [0.2, 0.25) is 5.91 Å². The number of likely N-dealkylation sites (tertiary alicyclic amines) is 1. The summed E-state index contributed by atoms with van der Waals surface area (Å²) in [7, 11) is 0. The number of benzene rings is 1. The fourth-order valence-electron chi connectivity index (χ4n) is 3.69. The predicted molar refractivity (Wildman–Crippen MR) is 119 cm³/mol. The van der Waals surface area contributed by atoms with E-state index in [4.69, 9.17) is 4.42 Å². The van der Waals surface area contributed by atoms with Gasteiger partial charge in [-0.15, -0.1) is 0 Å². The van der Waals surface area contributed by atoms with Crippen LogP contribution >= 0.6 is 11.8 Å². The first-order chi connectivity index (χ1) is 15.3. The number of imide groups is 1. The minimum atomic E-state index is -0.533. The summed E-state index contributed by atoms with van der Waals surface area (Å²) in [5, 5.41) is 10.7. The van der Waals surface area contributed by atoms with Gasteiger partial charge in [-0.1, -0.05) is 12.1 Å². The maximum absolute atomic E-state index is 12.7. The molecule has 2 fully saturated rings. The molecule has 3 heterocycles. The first-order valence-corrected chi connectivity index (χ1v) is 11.0. The number of carbonyl (C=O) groups excluding carboxylic acids is 3. The minimum absolute atomic E-state index is 0.0139. The Labute approximate surface area is 188 Å². The van der Waals surface area contributed by atoms with E-state index in [1.807, 2.05) is 0 Å². The summed E-state index contributed by atoms with van der Waals surface area (Å²) in [6, 6.07) is 8.04. The number of rotatable bonds is 5. The van der Waals surface area contributed by atoms with Crippen LogP contribution in [0.5, 0.6) is 0 Å². The second kappa shape index (κ2) is 8.99. The van der Waals surface area contributed by atoms with Crippen LogP contribution < -0.4 is 0 Å². The maximum atomic E-state index is 12.7. The molecule has 10 heteroatoms. The average molecular weight is 455 g/mol. The lowest BCUT2D eigenvalue weighted by Gasteiger charge is -2.27. The van der Waals surface area contributed by atoms with Crippen LogP contribution in [-0.4, -0.2) is 51.4 Å².